The first-order valence-electron chi connectivity index (χ1n) is 10.1. The summed E-state index contributed by atoms with van der Waals surface area (Å²) in [5.74, 6) is -2.72. The summed E-state index contributed by atoms with van der Waals surface area (Å²) in [5, 5.41) is 19.3. The van der Waals surface area contributed by atoms with Crippen molar-refractivity contribution in [3.63, 3.8) is 0 Å². The highest BCUT2D eigenvalue weighted by Crippen LogP contribution is 2.35. The number of aryl methyl sites for hydroxylation is 1. The molecule has 10 heteroatoms. The second-order valence-electron chi connectivity index (χ2n) is 7.34. The molecule has 0 aliphatic heterocycles. The largest absolute Gasteiger partial charge is 0.289 e. The van der Waals surface area contributed by atoms with E-state index in [9.17, 15) is 23.2 Å². The third-order valence-electron chi connectivity index (χ3n) is 5.02. The number of carbonyl (C=O) groups excluding carboxylic acids is 2. The Bertz CT molecular complexity index is 1370. The van der Waals surface area contributed by atoms with Crippen molar-refractivity contribution >= 4 is 38.3 Å². The van der Waals surface area contributed by atoms with Gasteiger partial charge in [0, 0.05) is 11.6 Å². The molecule has 5 N–H and O–H groups in total. The van der Waals surface area contributed by atoms with Crippen LogP contribution in [0.5, 0.6) is 0 Å². The molecule has 3 aromatic rings. The molecule has 0 heterocycles. The lowest BCUT2D eigenvalue weighted by Gasteiger charge is -2.20. The summed E-state index contributed by atoms with van der Waals surface area (Å²) in [6, 6.07) is 16.7. The maximum atomic E-state index is 13.1. The topological polar surface area (TPSA) is 145 Å². The highest BCUT2D eigenvalue weighted by Gasteiger charge is 2.25. The number of allylic oxidation sites excluding steroid dienone is 2. The van der Waals surface area contributed by atoms with Crippen molar-refractivity contribution in [3.8, 4) is 0 Å². The molecule has 0 saturated carbocycles. The predicted molar refractivity (Wildman–Crippen MR) is 127 cm³/mol. The van der Waals surface area contributed by atoms with E-state index in [1.807, 2.05) is 6.92 Å². The van der Waals surface area contributed by atoms with Gasteiger partial charge in [-0.1, -0.05) is 66.3 Å². The minimum absolute atomic E-state index is 0.0499. The van der Waals surface area contributed by atoms with Gasteiger partial charge in [-0.2, -0.15) is 0 Å². The Morgan fingerprint density at radius 3 is 2.29 bits per heavy atom. The molecular formula is C24H23N3O6S. The fraction of sp³-hybridized carbons (Fsp3) is 0.0833. The van der Waals surface area contributed by atoms with Gasteiger partial charge in [0.2, 0.25) is 0 Å². The van der Waals surface area contributed by atoms with E-state index in [0.717, 1.165) is 17.0 Å². The molecule has 1 unspecified atom stereocenters. The number of carbonyl (C=O) groups is 2. The van der Waals surface area contributed by atoms with Gasteiger partial charge in [-0.3, -0.25) is 24.7 Å². The van der Waals surface area contributed by atoms with Crippen molar-refractivity contribution in [1.29, 1.82) is 0 Å². The van der Waals surface area contributed by atoms with E-state index in [1.165, 1.54) is 35.8 Å². The molecule has 0 fully saturated rings. The van der Waals surface area contributed by atoms with Gasteiger partial charge >= 0.3 is 0 Å². The number of anilines is 1. The van der Waals surface area contributed by atoms with Crippen LogP contribution in [0.15, 0.2) is 89.9 Å². The van der Waals surface area contributed by atoms with Gasteiger partial charge in [0.25, 0.3) is 21.8 Å². The molecule has 34 heavy (non-hydrogen) atoms. The number of fused-ring (bicyclic) bond motifs is 1. The number of amides is 2. The molecule has 0 aliphatic rings. The van der Waals surface area contributed by atoms with Gasteiger partial charge in [-0.05, 0) is 35.9 Å². The quantitative estimate of drug-likeness (QED) is 0.145. The first-order chi connectivity index (χ1) is 16.3. The molecule has 9 nitrogen and oxygen atoms in total. The van der Waals surface area contributed by atoms with Crippen molar-refractivity contribution in [2.75, 3.05) is 4.72 Å². The molecule has 0 saturated heterocycles. The van der Waals surface area contributed by atoms with E-state index in [4.69, 9.17) is 5.21 Å². The molecule has 3 aromatic carbocycles. The van der Waals surface area contributed by atoms with Crippen LogP contribution >= 0.6 is 0 Å². The minimum atomic E-state index is -3.99. The van der Waals surface area contributed by atoms with Crippen molar-refractivity contribution in [2.45, 2.75) is 17.7 Å². The van der Waals surface area contributed by atoms with Crippen molar-refractivity contribution < 1.29 is 28.4 Å². The van der Waals surface area contributed by atoms with E-state index < -0.39 is 27.8 Å². The second kappa shape index (κ2) is 10.8. The van der Waals surface area contributed by atoms with E-state index in [-0.39, 0.29) is 10.6 Å². The van der Waals surface area contributed by atoms with E-state index in [1.54, 1.807) is 54.0 Å². The van der Waals surface area contributed by atoms with Gasteiger partial charge in [-0.25, -0.2) is 19.4 Å². The van der Waals surface area contributed by atoms with Gasteiger partial charge in [0.05, 0.1) is 16.5 Å². The molecule has 0 radical (unpaired) electrons. The Balaban J connectivity index is 2.14. The summed E-state index contributed by atoms with van der Waals surface area (Å²) in [5.41, 5.74) is 4.40. The first kappa shape index (κ1) is 24.6. The predicted octanol–water partition coefficient (Wildman–Crippen LogP) is 3.16. The van der Waals surface area contributed by atoms with E-state index >= 15 is 0 Å². The average Bonchev–Trinajstić information content (AvgIpc) is 2.84. The van der Waals surface area contributed by atoms with Crippen LogP contribution in [0, 0.1) is 6.92 Å². The Hall–Kier alpha value is -3.99. The van der Waals surface area contributed by atoms with Crippen LogP contribution in [0.2, 0.25) is 0 Å². The van der Waals surface area contributed by atoms with Crippen LogP contribution in [0.1, 0.15) is 17.0 Å². The third-order valence-corrected chi connectivity index (χ3v) is 6.40. The van der Waals surface area contributed by atoms with Crippen LogP contribution in [0.4, 0.5) is 5.69 Å². The Morgan fingerprint density at radius 1 is 0.912 bits per heavy atom. The number of hydroxylamine groups is 2. The number of sulfonamides is 1. The van der Waals surface area contributed by atoms with Crippen LogP contribution in [0.25, 0.3) is 10.8 Å². The lowest BCUT2D eigenvalue weighted by atomic mass is 9.91. The maximum absolute atomic E-state index is 13.1. The molecule has 176 valence electrons. The summed E-state index contributed by atoms with van der Waals surface area (Å²) in [6.07, 6.45) is 5.06. The number of hydrogen-bond donors (Lipinski definition) is 5. The zero-order valence-electron chi connectivity index (χ0n) is 18.1. The maximum Gasteiger partial charge on any atom is 0.267 e. The summed E-state index contributed by atoms with van der Waals surface area (Å²) >= 11 is 0. The number of hydrogen-bond acceptors (Lipinski definition) is 6. The van der Waals surface area contributed by atoms with Crippen LogP contribution in [0.3, 0.4) is 0 Å². The van der Waals surface area contributed by atoms with Crippen molar-refractivity contribution in [3.05, 3.63) is 96.1 Å². The molecule has 0 aliphatic carbocycles. The highest BCUT2D eigenvalue weighted by atomic mass is 32.2. The fourth-order valence-electron chi connectivity index (χ4n) is 3.38. The summed E-state index contributed by atoms with van der Waals surface area (Å²) in [7, 11) is -3.99. The molecule has 3 rings (SSSR count). The number of benzene rings is 3. The smallest absolute Gasteiger partial charge is 0.267 e. The summed E-state index contributed by atoms with van der Waals surface area (Å²) in [6.45, 7) is 1.84. The zero-order valence-corrected chi connectivity index (χ0v) is 18.9. The SMILES string of the molecule is Cc1ccc(S(=O)(=O)Nc2ccc3ccccc3c2C(/C=C/C=C/C(=O)NO)C(=O)NO)cc1. The third kappa shape index (κ3) is 5.67. The standard InChI is InChI=1S/C24H23N3O6S/c1-16-10-13-18(14-11-16)34(32,33)27-21-15-12-17-6-2-3-7-19(17)23(21)20(24(29)26-31)8-4-5-9-22(28)25-30/h2-15,20,27,30-31H,1H3,(H,25,28)(H,26,29)/b8-4+,9-5+. The van der Waals surface area contributed by atoms with Gasteiger partial charge in [0.1, 0.15) is 0 Å². The molecule has 0 spiro atoms. The Labute approximate surface area is 196 Å². The Kier molecular flexibility index (Phi) is 7.79. The normalized spacial score (nSPS) is 12.7. The zero-order chi connectivity index (χ0) is 24.7. The summed E-state index contributed by atoms with van der Waals surface area (Å²) in [4.78, 5) is 23.9. The van der Waals surface area contributed by atoms with Gasteiger partial charge < -0.3 is 0 Å². The lowest BCUT2D eigenvalue weighted by Crippen LogP contribution is -2.26. The fourth-order valence-corrected chi connectivity index (χ4v) is 4.46. The Morgan fingerprint density at radius 2 is 1.62 bits per heavy atom. The molecule has 0 bridgehead atoms. The van der Waals surface area contributed by atoms with Gasteiger partial charge in [0.15, 0.2) is 0 Å². The van der Waals surface area contributed by atoms with Crippen molar-refractivity contribution in [1.82, 2.24) is 11.0 Å². The second-order valence-corrected chi connectivity index (χ2v) is 9.02. The van der Waals surface area contributed by atoms with Gasteiger partial charge in [-0.15, -0.1) is 0 Å². The van der Waals surface area contributed by atoms with E-state index in [2.05, 4.69) is 4.72 Å². The first-order valence-corrected chi connectivity index (χ1v) is 11.6. The lowest BCUT2D eigenvalue weighted by molar-refractivity contribution is -0.129. The molecule has 1 atom stereocenters. The molecule has 2 amide bonds. The summed E-state index contributed by atoms with van der Waals surface area (Å²) < 4.78 is 28.7. The van der Waals surface area contributed by atoms with Crippen molar-refractivity contribution in [2.24, 2.45) is 0 Å². The minimum Gasteiger partial charge on any atom is -0.289 e. The van der Waals surface area contributed by atoms with Crippen LogP contribution in [-0.2, 0) is 19.6 Å². The number of nitrogens with one attached hydrogen (secondary N) is 3. The van der Waals surface area contributed by atoms with Crippen LogP contribution in [-0.4, -0.2) is 30.6 Å². The van der Waals surface area contributed by atoms with E-state index in [0.29, 0.717) is 10.9 Å². The molecule has 0 aromatic heterocycles. The average molecular weight is 482 g/mol. The monoisotopic (exact) mass is 481 g/mol. The number of rotatable bonds is 8. The highest BCUT2D eigenvalue weighted by molar-refractivity contribution is 7.92. The molecular weight excluding hydrogens is 458 g/mol. The van der Waals surface area contributed by atoms with Crippen LogP contribution < -0.4 is 15.7 Å².